The number of hydrogen-bond acceptors (Lipinski definition) is 3. The standard InChI is InChI=1S/C21H43NO2/c1-3-5-7-9-10-11-12-13-15-17-19-20(21(23)24-22)18-16-14-8-6-4-2/h20H,3-19,22H2,1-2H3. The lowest BCUT2D eigenvalue weighted by molar-refractivity contribution is -0.149. The molecular formula is C21H43NO2. The minimum Gasteiger partial charge on any atom is -0.373 e. The van der Waals surface area contributed by atoms with Crippen LogP contribution in [-0.2, 0) is 9.63 Å². The third-order valence-corrected chi connectivity index (χ3v) is 5.01. The maximum atomic E-state index is 11.8. The van der Waals surface area contributed by atoms with Gasteiger partial charge in [-0.2, -0.15) is 5.90 Å². The molecule has 0 saturated carbocycles. The Hall–Kier alpha value is -0.570. The Bertz CT molecular complexity index is 269. The summed E-state index contributed by atoms with van der Waals surface area (Å²) in [6.45, 7) is 4.48. The average molecular weight is 342 g/mol. The smallest absolute Gasteiger partial charge is 0.327 e. The SMILES string of the molecule is CCCCCCCCCCCCC(CCCCCCC)C(=O)ON. The highest BCUT2D eigenvalue weighted by Crippen LogP contribution is 2.20. The molecule has 0 aliphatic carbocycles. The Morgan fingerprint density at radius 1 is 0.667 bits per heavy atom. The summed E-state index contributed by atoms with van der Waals surface area (Å²) in [7, 11) is 0. The molecule has 0 aromatic heterocycles. The van der Waals surface area contributed by atoms with Crippen LogP contribution in [0.1, 0.15) is 123 Å². The van der Waals surface area contributed by atoms with E-state index in [9.17, 15) is 4.79 Å². The molecule has 0 fully saturated rings. The van der Waals surface area contributed by atoms with Crippen molar-refractivity contribution in [3.8, 4) is 0 Å². The van der Waals surface area contributed by atoms with Crippen LogP contribution in [-0.4, -0.2) is 5.97 Å². The monoisotopic (exact) mass is 341 g/mol. The summed E-state index contributed by atoms with van der Waals surface area (Å²) in [6, 6.07) is 0. The van der Waals surface area contributed by atoms with Crippen molar-refractivity contribution in [1.82, 2.24) is 0 Å². The van der Waals surface area contributed by atoms with E-state index in [2.05, 4.69) is 18.7 Å². The molecule has 0 saturated heterocycles. The third-order valence-electron chi connectivity index (χ3n) is 5.01. The van der Waals surface area contributed by atoms with Gasteiger partial charge in [-0.3, -0.25) is 4.79 Å². The van der Waals surface area contributed by atoms with Crippen LogP contribution in [0.25, 0.3) is 0 Å². The topological polar surface area (TPSA) is 52.3 Å². The lowest BCUT2D eigenvalue weighted by Gasteiger charge is -2.13. The van der Waals surface area contributed by atoms with E-state index in [0.717, 1.165) is 25.7 Å². The van der Waals surface area contributed by atoms with Gasteiger partial charge in [0.1, 0.15) is 0 Å². The molecule has 0 radical (unpaired) electrons. The molecule has 0 aromatic rings. The fraction of sp³-hybridized carbons (Fsp3) is 0.952. The van der Waals surface area contributed by atoms with Gasteiger partial charge in [0, 0.05) is 0 Å². The van der Waals surface area contributed by atoms with E-state index in [4.69, 9.17) is 5.90 Å². The summed E-state index contributed by atoms with van der Waals surface area (Å²) >= 11 is 0. The van der Waals surface area contributed by atoms with Crippen molar-refractivity contribution in [3.63, 3.8) is 0 Å². The van der Waals surface area contributed by atoms with Crippen molar-refractivity contribution in [3.05, 3.63) is 0 Å². The minimum atomic E-state index is -0.207. The molecule has 0 aliphatic heterocycles. The molecule has 0 rings (SSSR count). The van der Waals surface area contributed by atoms with Gasteiger partial charge < -0.3 is 4.84 Å². The maximum absolute atomic E-state index is 11.8. The normalized spacial score (nSPS) is 12.3. The second kappa shape index (κ2) is 18.8. The average Bonchev–Trinajstić information content (AvgIpc) is 2.60. The van der Waals surface area contributed by atoms with Crippen molar-refractivity contribution in [2.24, 2.45) is 11.8 Å². The first-order valence-electron chi connectivity index (χ1n) is 10.7. The van der Waals surface area contributed by atoms with Crippen molar-refractivity contribution in [2.75, 3.05) is 0 Å². The number of carbonyl (C=O) groups is 1. The van der Waals surface area contributed by atoms with Gasteiger partial charge in [-0.25, -0.2) is 0 Å². The van der Waals surface area contributed by atoms with Crippen LogP contribution in [0.15, 0.2) is 0 Å². The summed E-state index contributed by atoms with van der Waals surface area (Å²) in [6.07, 6.45) is 21.3. The van der Waals surface area contributed by atoms with Crippen LogP contribution in [0.3, 0.4) is 0 Å². The number of nitrogens with two attached hydrogens (primary N) is 1. The van der Waals surface area contributed by atoms with Crippen molar-refractivity contribution in [1.29, 1.82) is 0 Å². The molecule has 2 N–H and O–H groups in total. The second-order valence-corrected chi connectivity index (χ2v) is 7.31. The summed E-state index contributed by atoms with van der Waals surface area (Å²) in [4.78, 5) is 16.3. The predicted molar refractivity (Wildman–Crippen MR) is 104 cm³/mol. The van der Waals surface area contributed by atoms with Crippen LogP contribution in [0.2, 0.25) is 0 Å². The molecule has 0 bridgehead atoms. The molecule has 3 nitrogen and oxygen atoms in total. The molecular weight excluding hydrogens is 298 g/mol. The Labute approximate surface area is 151 Å². The molecule has 0 amide bonds. The largest absolute Gasteiger partial charge is 0.373 e. The first-order chi connectivity index (χ1) is 11.8. The Morgan fingerprint density at radius 3 is 1.33 bits per heavy atom. The molecule has 1 unspecified atom stereocenters. The first-order valence-corrected chi connectivity index (χ1v) is 10.7. The lowest BCUT2D eigenvalue weighted by atomic mass is 9.94. The highest BCUT2D eigenvalue weighted by Gasteiger charge is 2.18. The van der Waals surface area contributed by atoms with Crippen LogP contribution >= 0.6 is 0 Å². The van der Waals surface area contributed by atoms with Crippen molar-refractivity contribution >= 4 is 5.97 Å². The van der Waals surface area contributed by atoms with Gasteiger partial charge in [0.05, 0.1) is 5.92 Å². The summed E-state index contributed by atoms with van der Waals surface area (Å²) in [5.41, 5.74) is 0. The van der Waals surface area contributed by atoms with Gasteiger partial charge in [0.15, 0.2) is 0 Å². The quantitative estimate of drug-likeness (QED) is 0.223. The Kier molecular flexibility index (Phi) is 18.3. The zero-order chi connectivity index (χ0) is 17.9. The second-order valence-electron chi connectivity index (χ2n) is 7.31. The number of rotatable bonds is 18. The van der Waals surface area contributed by atoms with Crippen LogP contribution in [0.4, 0.5) is 0 Å². The minimum absolute atomic E-state index is 0.0191. The highest BCUT2D eigenvalue weighted by molar-refractivity contribution is 5.71. The van der Waals surface area contributed by atoms with Crippen molar-refractivity contribution < 1.29 is 9.63 Å². The molecule has 24 heavy (non-hydrogen) atoms. The van der Waals surface area contributed by atoms with E-state index in [1.165, 1.54) is 83.5 Å². The Balaban J connectivity index is 3.59. The Morgan fingerprint density at radius 2 is 1.00 bits per heavy atom. The van der Waals surface area contributed by atoms with Crippen LogP contribution in [0, 0.1) is 5.92 Å². The zero-order valence-electron chi connectivity index (χ0n) is 16.5. The molecule has 3 heteroatoms. The number of carbonyl (C=O) groups excluding carboxylic acids is 1. The molecule has 1 atom stereocenters. The van der Waals surface area contributed by atoms with E-state index in [1.807, 2.05) is 0 Å². The molecule has 0 spiro atoms. The van der Waals surface area contributed by atoms with Gasteiger partial charge in [0.25, 0.3) is 0 Å². The fourth-order valence-corrected chi connectivity index (χ4v) is 3.35. The van der Waals surface area contributed by atoms with Gasteiger partial charge >= 0.3 is 5.97 Å². The first kappa shape index (κ1) is 23.4. The fourth-order valence-electron chi connectivity index (χ4n) is 3.35. The molecule has 0 aliphatic rings. The number of hydrogen-bond donors (Lipinski definition) is 1. The molecule has 144 valence electrons. The van der Waals surface area contributed by atoms with E-state index in [-0.39, 0.29) is 11.9 Å². The molecule has 0 heterocycles. The summed E-state index contributed by atoms with van der Waals surface area (Å²) in [5.74, 6) is 4.91. The van der Waals surface area contributed by atoms with E-state index in [1.54, 1.807) is 0 Å². The lowest BCUT2D eigenvalue weighted by Crippen LogP contribution is -2.21. The van der Waals surface area contributed by atoms with Gasteiger partial charge in [-0.05, 0) is 12.8 Å². The van der Waals surface area contributed by atoms with Crippen molar-refractivity contribution in [2.45, 2.75) is 123 Å². The summed E-state index contributed by atoms with van der Waals surface area (Å²) < 4.78 is 0. The zero-order valence-corrected chi connectivity index (χ0v) is 16.5. The third kappa shape index (κ3) is 15.0. The number of unbranched alkanes of at least 4 members (excludes halogenated alkanes) is 13. The maximum Gasteiger partial charge on any atom is 0.327 e. The van der Waals surface area contributed by atoms with Crippen LogP contribution < -0.4 is 5.90 Å². The van der Waals surface area contributed by atoms with Gasteiger partial charge in [-0.15, -0.1) is 0 Å². The van der Waals surface area contributed by atoms with E-state index >= 15 is 0 Å². The summed E-state index contributed by atoms with van der Waals surface area (Å²) in [5, 5.41) is 0. The predicted octanol–water partition coefficient (Wildman–Crippen LogP) is 6.69. The van der Waals surface area contributed by atoms with E-state index in [0.29, 0.717) is 0 Å². The van der Waals surface area contributed by atoms with E-state index < -0.39 is 0 Å². The van der Waals surface area contributed by atoms with Crippen LogP contribution in [0.5, 0.6) is 0 Å². The van der Waals surface area contributed by atoms with Gasteiger partial charge in [-0.1, -0.05) is 110 Å². The highest BCUT2D eigenvalue weighted by atomic mass is 16.7. The molecule has 0 aromatic carbocycles. The van der Waals surface area contributed by atoms with Gasteiger partial charge in [0.2, 0.25) is 0 Å².